The van der Waals surface area contributed by atoms with Gasteiger partial charge in [0.15, 0.2) is 5.82 Å². The Bertz CT molecular complexity index is 974. The maximum Gasteiger partial charge on any atom is 0.321 e. The number of hydrogen-bond acceptors (Lipinski definition) is 5. The summed E-state index contributed by atoms with van der Waals surface area (Å²) in [5.41, 5.74) is 0.457. The van der Waals surface area contributed by atoms with Crippen molar-refractivity contribution in [2.24, 2.45) is 0 Å². The third-order valence-electron chi connectivity index (χ3n) is 4.44. The first kappa shape index (κ1) is 18.2. The molecule has 1 aliphatic heterocycles. The van der Waals surface area contributed by atoms with Crippen LogP contribution in [0, 0.1) is 5.82 Å². The monoisotopic (exact) mass is 401 g/mol. The second-order valence-corrected chi connectivity index (χ2v) is 6.63. The van der Waals surface area contributed by atoms with Gasteiger partial charge in [-0.1, -0.05) is 11.6 Å². The Morgan fingerprint density at radius 2 is 1.89 bits per heavy atom. The number of benzene rings is 1. The number of urea groups is 1. The molecule has 28 heavy (non-hydrogen) atoms. The van der Waals surface area contributed by atoms with Gasteiger partial charge in [-0.25, -0.2) is 23.8 Å². The highest BCUT2D eigenvalue weighted by atomic mass is 35.5. The quantitative estimate of drug-likeness (QED) is 0.730. The molecule has 0 atom stereocenters. The second kappa shape index (κ2) is 7.81. The summed E-state index contributed by atoms with van der Waals surface area (Å²) in [7, 11) is 0. The average Bonchev–Trinajstić information content (AvgIpc) is 3.26. The van der Waals surface area contributed by atoms with E-state index >= 15 is 0 Å². The summed E-state index contributed by atoms with van der Waals surface area (Å²) in [5.74, 6) is 0.946. The number of piperazine rings is 1. The Labute approximate surface area is 165 Å². The largest absolute Gasteiger partial charge is 0.353 e. The summed E-state index contributed by atoms with van der Waals surface area (Å²) in [5, 5.41) is 6.89. The van der Waals surface area contributed by atoms with E-state index in [1.165, 1.54) is 24.5 Å². The van der Waals surface area contributed by atoms with Gasteiger partial charge in [0.05, 0.1) is 5.02 Å². The molecule has 8 nitrogen and oxygen atoms in total. The zero-order chi connectivity index (χ0) is 19.5. The van der Waals surface area contributed by atoms with E-state index in [4.69, 9.17) is 11.6 Å². The van der Waals surface area contributed by atoms with Crippen LogP contribution in [-0.2, 0) is 0 Å². The lowest BCUT2D eigenvalue weighted by molar-refractivity contribution is 0.208. The number of anilines is 2. The predicted octanol–water partition coefficient (Wildman–Crippen LogP) is 2.81. The highest BCUT2D eigenvalue weighted by molar-refractivity contribution is 6.31. The van der Waals surface area contributed by atoms with Crippen molar-refractivity contribution in [1.82, 2.24) is 24.6 Å². The standard InChI is InChI=1S/C18H17ClFN7O/c19-14-10-13(2-3-15(14)20)24-18(28)26-8-6-25(7-9-26)16-11-17(22-12-21-16)27-5-1-4-23-27/h1-5,10-12H,6-9H2,(H,24,28). The molecule has 1 saturated heterocycles. The maximum absolute atomic E-state index is 13.2. The second-order valence-electron chi connectivity index (χ2n) is 6.22. The molecule has 1 N–H and O–H groups in total. The number of nitrogens with one attached hydrogen (secondary N) is 1. The fourth-order valence-corrected chi connectivity index (χ4v) is 3.14. The molecule has 2 aromatic heterocycles. The highest BCUT2D eigenvalue weighted by Gasteiger charge is 2.22. The van der Waals surface area contributed by atoms with E-state index in [-0.39, 0.29) is 11.1 Å². The molecule has 0 radical (unpaired) electrons. The summed E-state index contributed by atoms with van der Waals surface area (Å²) in [6, 6.07) is 7.54. The summed E-state index contributed by atoms with van der Waals surface area (Å²) in [6.07, 6.45) is 5.01. The maximum atomic E-state index is 13.2. The van der Waals surface area contributed by atoms with Crippen LogP contribution in [0.3, 0.4) is 0 Å². The van der Waals surface area contributed by atoms with Gasteiger partial charge in [0.1, 0.15) is 18.0 Å². The summed E-state index contributed by atoms with van der Waals surface area (Å²) in [4.78, 5) is 24.8. The van der Waals surface area contributed by atoms with Crippen molar-refractivity contribution in [1.29, 1.82) is 0 Å². The Morgan fingerprint density at radius 3 is 2.61 bits per heavy atom. The number of rotatable bonds is 3. The van der Waals surface area contributed by atoms with Gasteiger partial charge < -0.3 is 15.1 Å². The number of carbonyl (C=O) groups is 1. The zero-order valence-corrected chi connectivity index (χ0v) is 15.6. The number of halogens is 2. The molecule has 0 unspecified atom stereocenters. The number of hydrogen-bond donors (Lipinski definition) is 1. The molecule has 10 heteroatoms. The van der Waals surface area contributed by atoms with E-state index in [0.717, 1.165) is 5.82 Å². The molecule has 0 saturated carbocycles. The average molecular weight is 402 g/mol. The predicted molar refractivity (Wildman–Crippen MR) is 103 cm³/mol. The van der Waals surface area contributed by atoms with Crippen LogP contribution in [0.25, 0.3) is 5.82 Å². The van der Waals surface area contributed by atoms with Gasteiger partial charge >= 0.3 is 6.03 Å². The lowest BCUT2D eigenvalue weighted by atomic mass is 10.3. The van der Waals surface area contributed by atoms with Gasteiger partial charge in [-0.3, -0.25) is 0 Å². The van der Waals surface area contributed by atoms with Crippen molar-refractivity contribution in [3.63, 3.8) is 0 Å². The first-order valence-electron chi connectivity index (χ1n) is 8.68. The minimum Gasteiger partial charge on any atom is -0.353 e. The Kier molecular flexibility index (Phi) is 5.07. The van der Waals surface area contributed by atoms with Gasteiger partial charge in [-0.2, -0.15) is 5.10 Å². The van der Waals surface area contributed by atoms with Crippen LogP contribution in [0.1, 0.15) is 0 Å². The van der Waals surface area contributed by atoms with Gasteiger partial charge in [0.25, 0.3) is 0 Å². The highest BCUT2D eigenvalue weighted by Crippen LogP contribution is 2.20. The van der Waals surface area contributed by atoms with E-state index in [2.05, 4.69) is 25.3 Å². The van der Waals surface area contributed by atoms with Crippen LogP contribution in [0.15, 0.2) is 49.1 Å². The number of aromatic nitrogens is 4. The molecule has 1 fully saturated rings. The first-order chi connectivity index (χ1) is 13.6. The van der Waals surface area contributed by atoms with Crippen LogP contribution in [0.2, 0.25) is 5.02 Å². The van der Waals surface area contributed by atoms with E-state index in [0.29, 0.717) is 37.7 Å². The number of nitrogens with zero attached hydrogens (tertiary/aromatic N) is 6. The van der Waals surface area contributed by atoms with Crippen LogP contribution in [0.5, 0.6) is 0 Å². The van der Waals surface area contributed by atoms with Crippen molar-refractivity contribution in [2.45, 2.75) is 0 Å². The Balaban J connectivity index is 1.37. The van der Waals surface area contributed by atoms with Gasteiger partial charge in [0.2, 0.25) is 0 Å². The molecule has 144 valence electrons. The van der Waals surface area contributed by atoms with Crippen molar-refractivity contribution >= 4 is 29.1 Å². The molecule has 0 aliphatic carbocycles. The molecule has 4 rings (SSSR count). The number of amides is 2. The normalized spacial score (nSPS) is 14.2. The SMILES string of the molecule is O=C(Nc1ccc(F)c(Cl)c1)N1CCN(c2cc(-n3cccn3)ncn2)CC1. The van der Waals surface area contributed by atoms with Crippen LogP contribution < -0.4 is 10.2 Å². The molecule has 0 bridgehead atoms. The van der Waals surface area contributed by atoms with Crippen LogP contribution >= 0.6 is 11.6 Å². The molecule has 3 aromatic rings. The van der Waals surface area contributed by atoms with Crippen molar-refractivity contribution < 1.29 is 9.18 Å². The van der Waals surface area contributed by atoms with Gasteiger partial charge in [-0.05, 0) is 24.3 Å². The minimum atomic E-state index is -0.521. The van der Waals surface area contributed by atoms with Gasteiger partial charge in [-0.15, -0.1) is 0 Å². The molecule has 0 spiro atoms. The molecule has 1 aromatic carbocycles. The van der Waals surface area contributed by atoms with Crippen molar-refractivity contribution in [3.8, 4) is 5.82 Å². The van der Waals surface area contributed by atoms with Crippen molar-refractivity contribution in [2.75, 3.05) is 36.4 Å². The third-order valence-corrected chi connectivity index (χ3v) is 4.73. The Hall–Kier alpha value is -3.20. The van der Waals surface area contributed by atoms with E-state index < -0.39 is 5.82 Å². The van der Waals surface area contributed by atoms with Gasteiger partial charge in [0, 0.05) is 50.3 Å². The molecular formula is C18H17ClFN7O. The van der Waals surface area contributed by atoms with E-state index in [1.807, 2.05) is 18.3 Å². The summed E-state index contributed by atoms with van der Waals surface area (Å²) >= 11 is 5.75. The zero-order valence-electron chi connectivity index (χ0n) is 14.8. The van der Waals surface area contributed by atoms with Crippen molar-refractivity contribution in [3.05, 3.63) is 59.9 Å². The minimum absolute atomic E-state index is 0.0284. The van der Waals surface area contributed by atoms with E-state index in [1.54, 1.807) is 15.8 Å². The lowest BCUT2D eigenvalue weighted by Gasteiger charge is -2.35. The Morgan fingerprint density at radius 1 is 1.11 bits per heavy atom. The first-order valence-corrected chi connectivity index (χ1v) is 9.06. The fourth-order valence-electron chi connectivity index (χ4n) is 2.95. The summed E-state index contributed by atoms with van der Waals surface area (Å²) in [6.45, 7) is 2.32. The topological polar surface area (TPSA) is 79.2 Å². The van der Waals surface area contributed by atoms with E-state index in [9.17, 15) is 9.18 Å². The smallest absolute Gasteiger partial charge is 0.321 e. The molecule has 3 heterocycles. The lowest BCUT2D eigenvalue weighted by Crippen LogP contribution is -2.50. The molecular weight excluding hydrogens is 385 g/mol. The fraction of sp³-hybridized carbons (Fsp3) is 0.222. The molecule has 2 amide bonds. The molecule has 1 aliphatic rings. The third kappa shape index (κ3) is 3.89. The van der Waals surface area contributed by atoms with Crippen LogP contribution in [0.4, 0.5) is 20.7 Å². The summed E-state index contributed by atoms with van der Waals surface area (Å²) < 4.78 is 14.9. The van der Waals surface area contributed by atoms with Crippen LogP contribution in [-0.4, -0.2) is 56.9 Å². The number of carbonyl (C=O) groups excluding carboxylic acids is 1.